The van der Waals surface area contributed by atoms with Gasteiger partial charge in [0.1, 0.15) is 0 Å². The van der Waals surface area contributed by atoms with E-state index in [1.165, 1.54) is 5.56 Å². The van der Waals surface area contributed by atoms with Gasteiger partial charge in [0.2, 0.25) is 0 Å². The molecule has 1 aromatic carbocycles. The Kier molecular flexibility index (Phi) is 11.8. The van der Waals surface area contributed by atoms with Gasteiger partial charge in [0.25, 0.3) is 0 Å². The van der Waals surface area contributed by atoms with Gasteiger partial charge in [-0.25, -0.2) is 0 Å². The van der Waals surface area contributed by atoms with Crippen LogP contribution < -0.4 is 10.6 Å². The molecule has 0 aliphatic carbocycles. The van der Waals surface area contributed by atoms with Crippen molar-refractivity contribution in [1.82, 2.24) is 25.3 Å². The number of halogens is 1. The molecule has 0 saturated heterocycles. The number of rotatable bonds is 10. The van der Waals surface area contributed by atoms with Crippen molar-refractivity contribution in [3.05, 3.63) is 54.4 Å². The number of aliphatic imine (C=N–C) groups is 1. The van der Waals surface area contributed by atoms with Crippen LogP contribution in [0, 0.1) is 0 Å². The predicted molar refractivity (Wildman–Crippen MR) is 124 cm³/mol. The summed E-state index contributed by atoms with van der Waals surface area (Å²) >= 11 is 0. The lowest BCUT2D eigenvalue weighted by Crippen LogP contribution is -2.43. The second-order valence-corrected chi connectivity index (χ2v) is 6.15. The third-order valence-corrected chi connectivity index (χ3v) is 4.54. The van der Waals surface area contributed by atoms with Crippen molar-refractivity contribution in [3.63, 3.8) is 0 Å². The molecule has 0 radical (unpaired) electrons. The Balaban J connectivity index is 0.00000364. The number of nitrogens with one attached hydrogen (secondary N) is 2. The van der Waals surface area contributed by atoms with Crippen LogP contribution in [0.15, 0.2) is 53.8 Å². The SMILES string of the molecule is CCN(CC)C(CNC(=NC)NCCCn1cccn1)c1ccccc1.I. The lowest BCUT2D eigenvalue weighted by Gasteiger charge is -2.30. The maximum atomic E-state index is 4.35. The Morgan fingerprint density at radius 2 is 1.89 bits per heavy atom. The Hall–Kier alpha value is -1.61. The summed E-state index contributed by atoms with van der Waals surface area (Å²) < 4.78 is 1.95. The van der Waals surface area contributed by atoms with Gasteiger partial charge < -0.3 is 10.6 Å². The van der Waals surface area contributed by atoms with E-state index < -0.39 is 0 Å². The van der Waals surface area contributed by atoms with E-state index in [1.807, 2.05) is 30.2 Å². The first-order valence-electron chi connectivity index (χ1n) is 9.49. The topological polar surface area (TPSA) is 57.5 Å². The Bertz CT molecular complexity index is 625. The lowest BCUT2D eigenvalue weighted by molar-refractivity contribution is 0.219. The van der Waals surface area contributed by atoms with E-state index in [1.54, 1.807) is 0 Å². The highest BCUT2D eigenvalue weighted by atomic mass is 127. The second kappa shape index (κ2) is 13.5. The fourth-order valence-corrected chi connectivity index (χ4v) is 3.09. The average molecular weight is 484 g/mol. The van der Waals surface area contributed by atoms with E-state index in [4.69, 9.17) is 0 Å². The zero-order valence-electron chi connectivity index (χ0n) is 16.6. The molecule has 1 unspecified atom stereocenters. The van der Waals surface area contributed by atoms with E-state index in [0.29, 0.717) is 6.04 Å². The third kappa shape index (κ3) is 7.88. The van der Waals surface area contributed by atoms with Gasteiger partial charge in [0.15, 0.2) is 5.96 Å². The number of benzene rings is 1. The molecule has 7 heteroatoms. The van der Waals surface area contributed by atoms with Gasteiger partial charge in [-0.05, 0) is 31.1 Å². The van der Waals surface area contributed by atoms with Crippen LogP contribution in [0.25, 0.3) is 0 Å². The summed E-state index contributed by atoms with van der Waals surface area (Å²) in [6.07, 6.45) is 4.80. The summed E-state index contributed by atoms with van der Waals surface area (Å²) in [6, 6.07) is 13.0. The third-order valence-electron chi connectivity index (χ3n) is 4.54. The van der Waals surface area contributed by atoms with Crippen LogP contribution in [0.4, 0.5) is 0 Å². The fourth-order valence-electron chi connectivity index (χ4n) is 3.09. The molecule has 1 heterocycles. The first kappa shape index (κ1) is 23.4. The quantitative estimate of drug-likeness (QED) is 0.236. The van der Waals surface area contributed by atoms with Crippen molar-refractivity contribution in [3.8, 4) is 0 Å². The monoisotopic (exact) mass is 484 g/mol. The summed E-state index contributed by atoms with van der Waals surface area (Å²) in [5.41, 5.74) is 1.33. The molecule has 27 heavy (non-hydrogen) atoms. The highest BCUT2D eigenvalue weighted by Crippen LogP contribution is 2.19. The van der Waals surface area contributed by atoms with Gasteiger partial charge in [-0.2, -0.15) is 5.10 Å². The Morgan fingerprint density at radius 3 is 2.48 bits per heavy atom. The van der Waals surface area contributed by atoms with Gasteiger partial charge in [-0.1, -0.05) is 44.2 Å². The van der Waals surface area contributed by atoms with E-state index in [-0.39, 0.29) is 24.0 Å². The summed E-state index contributed by atoms with van der Waals surface area (Å²) in [6.45, 7) is 9.05. The maximum Gasteiger partial charge on any atom is 0.191 e. The summed E-state index contributed by atoms with van der Waals surface area (Å²) in [4.78, 5) is 6.82. The number of hydrogen-bond donors (Lipinski definition) is 2. The Morgan fingerprint density at radius 1 is 1.15 bits per heavy atom. The van der Waals surface area contributed by atoms with Crippen molar-refractivity contribution in [2.45, 2.75) is 32.9 Å². The van der Waals surface area contributed by atoms with Crippen LogP contribution in [0.2, 0.25) is 0 Å². The molecule has 2 N–H and O–H groups in total. The number of aromatic nitrogens is 2. The van der Waals surface area contributed by atoms with Crippen molar-refractivity contribution < 1.29 is 0 Å². The van der Waals surface area contributed by atoms with E-state index >= 15 is 0 Å². The molecule has 0 aliphatic heterocycles. The first-order chi connectivity index (χ1) is 12.8. The van der Waals surface area contributed by atoms with Crippen LogP contribution in [0.3, 0.4) is 0 Å². The predicted octanol–water partition coefficient (Wildman–Crippen LogP) is 3.14. The van der Waals surface area contributed by atoms with Crippen molar-refractivity contribution in [1.29, 1.82) is 0 Å². The molecule has 1 aromatic heterocycles. The zero-order valence-corrected chi connectivity index (χ0v) is 19.0. The number of guanidine groups is 1. The molecule has 0 fully saturated rings. The van der Waals surface area contributed by atoms with Gasteiger partial charge in [-0.15, -0.1) is 24.0 Å². The highest BCUT2D eigenvalue weighted by Gasteiger charge is 2.17. The smallest absolute Gasteiger partial charge is 0.191 e. The van der Waals surface area contributed by atoms with Crippen LogP contribution >= 0.6 is 24.0 Å². The van der Waals surface area contributed by atoms with E-state index in [0.717, 1.165) is 45.1 Å². The van der Waals surface area contributed by atoms with Gasteiger partial charge in [-0.3, -0.25) is 14.6 Å². The largest absolute Gasteiger partial charge is 0.356 e. The highest BCUT2D eigenvalue weighted by molar-refractivity contribution is 14.0. The Labute approximate surface area is 180 Å². The molecule has 0 amide bonds. The molecule has 2 aromatic rings. The molecule has 0 bridgehead atoms. The minimum atomic E-state index is 0. The number of nitrogens with zero attached hydrogens (tertiary/aromatic N) is 4. The molecule has 150 valence electrons. The van der Waals surface area contributed by atoms with Crippen LogP contribution in [-0.4, -0.2) is 53.9 Å². The second-order valence-electron chi connectivity index (χ2n) is 6.15. The summed E-state index contributed by atoms with van der Waals surface area (Å²) in [5, 5.41) is 11.1. The average Bonchev–Trinajstić information content (AvgIpc) is 3.20. The first-order valence-corrected chi connectivity index (χ1v) is 9.49. The number of hydrogen-bond acceptors (Lipinski definition) is 3. The minimum absolute atomic E-state index is 0. The molecule has 1 atom stereocenters. The van der Waals surface area contributed by atoms with Crippen molar-refractivity contribution >= 4 is 29.9 Å². The van der Waals surface area contributed by atoms with Crippen molar-refractivity contribution in [2.24, 2.45) is 4.99 Å². The summed E-state index contributed by atoms with van der Waals surface area (Å²) in [5.74, 6) is 0.846. The standard InChI is InChI=1S/C20H32N6.HI/c1-4-25(5-2)19(18-11-7-6-8-12-18)17-23-20(21-3)22-13-9-15-26-16-10-14-24-26;/h6-8,10-12,14,16,19H,4-5,9,13,15,17H2,1-3H3,(H2,21,22,23);1H. The molecule has 6 nitrogen and oxygen atoms in total. The molecule has 0 spiro atoms. The molecule has 0 saturated carbocycles. The molecular formula is C20H33IN6. The van der Waals surface area contributed by atoms with E-state index in [2.05, 4.69) is 69.8 Å². The molecule has 0 aliphatic rings. The number of aryl methyl sites for hydroxylation is 1. The van der Waals surface area contributed by atoms with Crippen LogP contribution in [0.1, 0.15) is 31.9 Å². The lowest BCUT2D eigenvalue weighted by atomic mass is 10.1. The van der Waals surface area contributed by atoms with Gasteiger partial charge >= 0.3 is 0 Å². The molecule has 2 rings (SSSR count). The van der Waals surface area contributed by atoms with Gasteiger partial charge in [0, 0.05) is 39.1 Å². The maximum absolute atomic E-state index is 4.35. The van der Waals surface area contributed by atoms with Gasteiger partial charge in [0.05, 0.1) is 6.04 Å². The summed E-state index contributed by atoms with van der Waals surface area (Å²) in [7, 11) is 1.82. The fraction of sp³-hybridized carbons (Fsp3) is 0.500. The van der Waals surface area contributed by atoms with Crippen LogP contribution in [0.5, 0.6) is 0 Å². The van der Waals surface area contributed by atoms with E-state index in [9.17, 15) is 0 Å². The zero-order chi connectivity index (χ0) is 18.6. The molecular weight excluding hydrogens is 451 g/mol. The normalized spacial score (nSPS) is 12.5. The van der Waals surface area contributed by atoms with Crippen LogP contribution in [-0.2, 0) is 6.54 Å². The number of likely N-dealkylation sites (N-methyl/N-ethyl adjacent to an activating group) is 1. The van der Waals surface area contributed by atoms with Crippen molar-refractivity contribution in [2.75, 3.05) is 33.2 Å². The minimum Gasteiger partial charge on any atom is -0.356 e.